The summed E-state index contributed by atoms with van der Waals surface area (Å²) in [6.07, 6.45) is 0.684. The van der Waals surface area contributed by atoms with Gasteiger partial charge in [0.2, 0.25) is 5.91 Å². The van der Waals surface area contributed by atoms with Crippen molar-refractivity contribution < 1.29 is 4.79 Å². The van der Waals surface area contributed by atoms with E-state index in [2.05, 4.69) is 26.2 Å². The summed E-state index contributed by atoms with van der Waals surface area (Å²) in [7, 11) is 0. The Bertz CT molecular complexity index is 716. The summed E-state index contributed by atoms with van der Waals surface area (Å²) < 4.78 is 1.03. The second kappa shape index (κ2) is 6.86. The van der Waals surface area contributed by atoms with E-state index in [1.165, 1.54) is 11.8 Å². The molecule has 0 saturated carbocycles. The number of amidine groups is 1. The van der Waals surface area contributed by atoms with Crippen molar-refractivity contribution >= 4 is 56.1 Å². The summed E-state index contributed by atoms with van der Waals surface area (Å²) in [5, 5.41) is 3.98. The van der Waals surface area contributed by atoms with Gasteiger partial charge in [0.15, 0.2) is 5.17 Å². The number of halogens is 2. The molecule has 0 bridgehead atoms. The zero-order chi connectivity index (χ0) is 15.5. The van der Waals surface area contributed by atoms with Gasteiger partial charge in [0.25, 0.3) is 0 Å². The standard InChI is InChI=1S/C16H12BrClN2OS/c17-11-3-1-10(2-4-11)9-14-15(21)20-16(22-14)19-13-7-5-12(18)6-8-13/h1-8,14H,9H2,(H,19,20,21). The number of amides is 1. The fraction of sp³-hybridized carbons (Fsp3) is 0.125. The average molecular weight is 396 g/mol. The van der Waals surface area contributed by atoms with Gasteiger partial charge in [-0.2, -0.15) is 0 Å². The third-order valence-corrected chi connectivity index (χ3v) is 5.03. The number of rotatable bonds is 3. The molecular weight excluding hydrogens is 384 g/mol. The first-order chi connectivity index (χ1) is 10.6. The van der Waals surface area contributed by atoms with E-state index >= 15 is 0 Å². The number of hydrogen-bond acceptors (Lipinski definition) is 3. The Labute approximate surface area is 146 Å². The highest BCUT2D eigenvalue weighted by Gasteiger charge is 2.30. The minimum atomic E-state index is -0.146. The largest absolute Gasteiger partial charge is 0.304 e. The Morgan fingerprint density at radius 1 is 1.14 bits per heavy atom. The predicted octanol–water partition coefficient (Wildman–Crippen LogP) is 4.56. The monoisotopic (exact) mass is 394 g/mol. The van der Waals surface area contributed by atoms with Crippen molar-refractivity contribution in [2.24, 2.45) is 4.99 Å². The molecule has 6 heteroatoms. The Balaban J connectivity index is 1.70. The molecule has 1 fully saturated rings. The molecule has 1 aliphatic rings. The van der Waals surface area contributed by atoms with Crippen LogP contribution in [0.15, 0.2) is 58.0 Å². The Morgan fingerprint density at radius 2 is 1.82 bits per heavy atom. The molecule has 1 amide bonds. The number of hydrogen-bond donors (Lipinski definition) is 1. The summed E-state index contributed by atoms with van der Waals surface area (Å²) in [6.45, 7) is 0. The highest BCUT2D eigenvalue weighted by molar-refractivity contribution is 9.10. The van der Waals surface area contributed by atoms with Crippen LogP contribution in [0.4, 0.5) is 5.69 Å². The second-order valence-electron chi connectivity index (χ2n) is 4.82. The van der Waals surface area contributed by atoms with Crippen molar-refractivity contribution in [1.29, 1.82) is 0 Å². The number of thioether (sulfide) groups is 1. The number of nitrogens with zero attached hydrogens (tertiary/aromatic N) is 1. The SMILES string of the molecule is O=C1NC(=Nc2ccc(Cl)cc2)SC1Cc1ccc(Br)cc1. The van der Waals surface area contributed by atoms with Crippen LogP contribution in [0.3, 0.4) is 0 Å². The lowest BCUT2D eigenvalue weighted by atomic mass is 10.1. The molecule has 1 unspecified atom stereocenters. The number of carbonyl (C=O) groups is 1. The van der Waals surface area contributed by atoms with E-state index in [1.54, 1.807) is 12.1 Å². The lowest BCUT2D eigenvalue weighted by molar-refractivity contribution is -0.118. The second-order valence-corrected chi connectivity index (χ2v) is 7.36. The van der Waals surface area contributed by atoms with E-state index < -0.39 is 0 Å². The van der Waals surface area contributed by atoms with Crippen LogP contribution in [-0.2, 0) is 11.2 Å². The van der Waals surface area contributed by atoms with Crippen molar-refractivity contribution in [2.45, 2.75) is 11.7 Å². The number of benzene rings is 2. The van der Waals surface area contributed by atoms with Crippen LogP contribution in [0.25, 0.3) is 0 Å². The molecule has 112 valence electrons. The smallest absolute Gasteiger partial charge is 0.239 e. The third kappa shape index (κ3) is 3.91. The van der Waals surface area contributed by atoms with E-state index in [1.807, 2.05) is 36.4 Å². The third-order valence-electron chi connectivity index (χ3n) is 3.17. The van der Waals surface area contributed by atoms with Crippen molar-refractivity contribution in [3.8, 4) is 0 Å². The number of nitrogens with one attached hydrogen (secondary N) is 1. The maximum Gasteiger partial charge on any atom is 0.239 e. The summed E-state index contributed by atoms with van der Waals surface area (Å²) in [5.74, 6) is 0.000585. The predicted molar refractivity (Wildman–Crippen MR) is 95.9 cm³/mol. The van der Waals surface area contributed by atoms with Crippen molar-refractivity contribution in [3.05, 3.63) is 63.6 Å². The van der Waals surface area contributed by atoms with Gasteiger partial charge in [-0.25, -0.2) is 4.99 Å². The fourth-order valence-electron chi connectivity index (χ4n) is 2.06. The van der Waals surface area contributed by atoms with E-state index in [-0.39, 0.29) is 11.2 Å². The van der Waals surface area contributed by atoms with Gasteiger partial charge in [0.1, 0.15) is 0 Å². The summed E-state index contributed by atoms with van der Waals surface area (Å²) in [6, 6.07) is 15.2. The molecule has 1 N–H and O–H groups in total. The highest BCUT2D eigenvalue weighted by atomic mass is 79.9. The summed E-state index contributed by atoms with van der Waals surface area (Å²) in [4.78, 5) is 16.5. The Hall–Kier alpha value is -1.30. The first-order valence-electron chi connectivity index (χ1n) is 6.66. The number of aliphatic imine (C=N–C) groups is 1. The van der Waals surface area contributed by atoms with Gasteiger partial charge < -0.3 is 5.32 Å². The first kappa shape index (κ1) is 15.6. The van der Waals surface area contributed by atoms with Gasteiger partial charge in [0.05, 0.1) is 10.9 Å². The maximum absolute atomic E-state index is 12.1. The van der Waals surface area contributed by atoms with E-state index in [0.717, 1.165) is 15.7 Å². The molecule has 2 aromatic carbocycles. The molecule has 0 radical (unpaired) electrons. The van der Waals surface area contributed by atoms with Crippen molar-refractivity contribution in [1.82, 2.24) is 5.32 Å². The molecule has 2 aromatic rings. The zero-order valence-electron chi connectivity index (χ0n) is 11.4. The van der Waals surface area contributed by atoms with Crippen molar-refractivity contribution in [3.63, 3.8) is 0 Å². The van der Waals surface area contributed by atoms with Gasteiger partial charge in [-0.3, -0.25) is 4.79 Å². The molecule has 22 heavy (non-hydrogen) atoms. The molecule has 3 nitrogen and oxygen atoms in total. The van der Waals surface area contributed by atoms with Crippen molar-refractivity contribution in [2.75, 3.05) is 0 Å². The molecular formula is C16H12BrClN2OS. The highest BCUT2D eigenvalue weighted by Crippen LogP contribution is 2.26. The van der Waals surface area contributed by atoms with Gasteiger partial charge in [-0.15, -0.1) is 0 Å². The van der Waals surface area contributed by atoms with E-state index in [0.29, 0.717) is 16.6 Å². The van der Waals surface area contributed by atoms with Crippen LogP contribution in [0.5, 0.6) is 0 Å². The summed E-state index contributed by atoms with van der Waals surface area (Å²) in [5.41, 5.74) is 1.90. The molecule has 3 rings (SSSR count). The summed E-state index contributed by atoms with van der Waals surface area (Å²) >= 11 is 10.7. The lowest BCUT2D eigenvalue weighted by Gasteiger charge is -2.05. The molecule has 1 saturated heterocycles. The minimum Gasteiger partial charge on any atom is -0.304 e. The topological polar surface area (TPSA) is 41.5 Å². The van der Waals surface area contributed by atoms with Crippen LogP contribution < -0.4 is 5.32 Å². The van der Waals surface area contributed by atoms with Gasteiger partial charge in [-0.1, -0.05) is 51.4 Å². The molecule has 1 heterocycles. The van der Waals surface area contributed by atoms with E-state index in [9.17, 15) is 4.79 Å². The van der Waals surface area contributed by atoms with Crippen LogP contribution in [0.1, 0.15) is 5.56 Å². The lowest BCUT2D eigenvalue weighted by Crippen LogP contribution is -2.25. The van der Waals surface area contributed by atoms with Crippen LogP contribution in [0.2, 0.25) is 5.02 Å². The zero-order valence-corrected chi connectivity index (χ0v) is 14.6. The van der Waals surface area contributed by atoms with Gasteiger partial charge in [0, 0.05) is 9.50 Å². The number of carbonyl (C=O) groups excluding carboxylic acids is 1. The molecule has 1 aliphatic heterocycles. The fourth-order valence-corrected chi connectivity index (χ4v) is 3.48. The molecule has 0 spiro atoms. The first-order valence-corrected chi connectivity index (χ1v) is 8.71. The quantitative estimate of drug-likeness (QED) is 0.827. The van der Waals surface area contributed by atoms with E-state index in [4.69, 9.17) is 11.6 Å². The minimum absolute atomic E-state index is 0.000585. The van der Waals surface area contributed by atoms with Crippen LogP contribution in [0, 0.1) is 0 Å². The molecule has 0 aromatic heterocycles. The maximum atomic E-state index is 12.1. The molecule has 1 atom stereocenters. The Kier molecular flexibility index (Phi) is 4.86. The van der Waals surface area contributed by atoms with Gasteiger partial charge >= 0.3 is 0 Å². The average Bonchev–Trinajstić information content (AvgIpc) is 2.84. The van der Waals surface area contributed by atoms with Gasteiger partial charge in [-0.05, 0) is 48.4 Å². The normalized spacial score (nSPS) is 19.5. The van der Waals surface area contributed by atoms with Crippen LogP contribution in [-0.4, -0.2) is 16.3 Å². The Morgan fingerprint density at radius 3 is 2.50 bits per heavy atom. The van der Waals surface area contributed by atoms with Crippen LogP contribution >= 0.6 is 39.3 Å². The molecule has 0 aliphatic carbocycles.